The molecule has 1 heterocycles. The van der Waals surface area contributed by atoms with Gasteiger partial charge in [0, 0.05) is 12.7 Å². The van der Waals surface area contributed by atoms with Gasteiger partial charge in [0.25, 0.3) is 0 Å². The van der Waals surface area contributed by atoms with Crippen LogP contribution >= 0.6 is 11.6 Å². The third-order valence-corrected chi connectivity index (χ3v) is 2.18. The number of nitrogens with one attached hydrogen (secondary N) is 1. The van der Waals surface area contributed by atoms with Crippen LogP contribution < -0.4 is 11.1 Å². The number of pyridine rings is 1. The van der Waals surface area contributed by atoms with Gasteiger partial charge in [0.15, 0.2) is 0 Å². The lowest BCUT2D eigenvalue weighted by molar-refractivity contribution is 0.183. The molecule has 4 N–H and O–H groups in total. The third kappa shape index (κ3) is 4.36. The van der Waals surface area contributed by atoms with Gasteiger partial charge >= 0.3 is 0 Å². The maximum Gasteiger partial charge on any atom is 0.149 e. The molecule has 0 spiro atoms. The number of aromatic nitrogens is 1. The molecule has 0 saturated heterocycles. The highest BCUT2D eigenvalue weighted by Gasteiger charge is 2.01. The fourth-order valence-corrected chi connectivity index (χ4v) is 1.37. The maximum absolute atomic E-state index is 9.06. The second kappa shape index (κ2) is 5.78. The molecule has 0 fully saturated rings. The third-order valence-electron chi connectivity index (χ3n) is 1.97. The van der Waals surface area contributed by atoms with Crippen LogP contribution in [-0.2, 0) is 0 Å². The molecule has 0 saturated carbocycles. The minimum atomic E-state index is -0.262. The van der Waals surface area contributed by atoms with Gasteiger partial charge in [-0.2, -0.15) is 0 Å². The molecule has 0 aliphatic heterocycles. The van der Waals surface area contributed by atoms with Gasteiger partial charge in [-0.1, -0.05) is 11.6 Å². The van der Waals surface area contributed by atoms with Crippen molar-refractivity contribution in [3.8, 4) is 0 Å². The largest absolute Gasteiger partial charge is 0.396 e. The van der Waals surface area contributed by atoms with Crippen LogP contribution in [0.15, 0.2) is 12.3 Å². The van der Waals surface area contributed by atoms with Crippen molar-refractivity contribution in [2.75, 3.05) is 17.6 Å². The Labute approximate surface area is 94.5 Å². The lowest BCUT2D eigenvalue weighted by Gasteiger charge is -2.08. The maximum atomic E-state index is 9.06. The van der Waals surface area contributed by atoms with Crippen LogP contribution in [0.4, 0.5) is 11.5 Å². The summed E-state index contributed by atoms with van der Waals surface area (Å²) in [7, 11) is 0. The van der Waals surface area contributed by atoms with Crippen molar-refractivity contribution in [2.45, 2.75) is 25.9 Å². The number of halogens is 1. The molecule has 0 amide bonds. The summed E-state index contributed by atoms with van der Waals surface area (Å²) >= 11 is 5.72. The quantitative estimate of drug-likeness (QED) is 0.675. The van der Waals surface area contributed by atoms with Gasteiger partial charge in [-0.3, -0.25) is 0 Å². The molecule has 5 heteroatoms. The lowest BCUT2D eigenvalue weighted by Crippen LogP contribution is -2.08. The monoisotopic (exact) mass is 229 g/mol. The van der Waals surface area contributed by atoms with E-state index in [0.29, 0.717) is 16.5 Å². The first-order chi connectivity index (χ1) is 7.09. The second-order valence-corrected chi connectivity index (χ2v) is 3.95. The normalized spacial score (nSPS) is 12.5. The van der Waals surface area contributed by atoms with Crippen molar-refractivity contribution in [3.05, 3.63) is 17.3 Å². The highest BCUT2D eigenvalue weighted by atomic mass is 35.5. The van der Waals surface area contributed by atoms with E-state index in [1.807, 2.05) is 0 Å². The number of nitrogens with two attached hydrogens (primary N) is 1. The van der Waals surface area contributed by atoms with Crippen LogP contribution in [0.25, 0.3) is 0 Å². The number of aliphatic hydroxyl groups excluding tert-OH is 1. The van der Waals surface area contributed by atoms with Crippen LogP contribution in [0.3, 0.4) is 0 Å². The molecule has 0 aromatic carbocycles. The van der Waals surface area contributed by atoms with Crippen LogP contribution in [0.1, 0.15) is 19.8 Å². The zero-order valence-electron chi connectivity index (χ0n) is 8.70. The van der Waals surface area contributed by atoms with E-state index < -0.39 is 0 Å². The molecule has 84 valence electrons. The Balaban J connectivity index is 2.37. The highest BCUT2D eigenvalue weighted by Crippen LogP contribution is 2.19. The van der Waals surface area contributed by atoms with Crippen molar-refractivity contribution in [1.82, 2.24) is 4.98 Å². The molecule has 1 atom stereocenters. The highest BCUT2D eigenvalue weighted by molar-refractivity contribution is 6.30. The van der Waals surface area contributed by atoms with E-state index in [-0.39, 0.29) is 6.10 Å². The van der Waals surface area contributed by atoms with Gasteiger partial charge in [-0.25, -0.2) is 4.98 Å². The smallest absolute Gasteiger partial charge is 0.149 e. The molecule has 0 aliphatic carbocycles. The topological polar surface area (TPSA) is 71.2 Å². The molecule has 0 bridgehead atoms. The average Bonchev–Trinajstić information content (AvgIpc) is 2.14. The van der Waals surface area contributed by atoms with E-state index >= 15 is 0 Å². The van der Waals surface area contributed by atoms with E-state index in [9.17, 15) is 0 Å². The number of hydrogen-bond acceptors (Lipinski definition) is 4. The zero-order chi connectivity index (χ0) is 11.3. The average molecular weight is 230 g/mol. The van der Waals surface area contributed by atoms with Crippen LogP contribution in [0.2, 0.25) is 5.02 Å². The Morgan fingerprint density at radius 1 is 1.67 bits per heavy atom. The fraction of sp³-hybridized carbons (Fsp3) is 0.500. The Kier molecular flexibility index (Phi) is 4.65. The second-order valence-electron chi connectivity index (χ2n) is 3.51. The summed E-state index contributed by atoms with van der Waals surface area (Å²) < 4.78 is 0. The van der Waals surface area contributed by atoms with Crippen molar-refractivity contribution >= 4 is 23.1 Å². The summed E-state index contributed by atoms with van der Waals surface area (Å²) in [6, 6.07) is 1.66. The molecule has 1 aromatic rings. The number of nitrogens with zero attached hydrogens (tertiary/aromatic N) is 1. The predicted octanol–water partition coefficient (Wildman–Crippen LogP) is 1.89. The van der Waals surface area contributed by atoms with E-state index in [1.165, 1.54) is 0 Å². The first-order valence-corrected chi connectivity index (χ1v) is 5.30. The summed E-state index contributed by atoms with van der Waals surface area (Å²) in [5.74, 6) is 0.644. The first kappa shape index (κ1) is 12.1. The van der Waals surface area contributed by atoms with Crippen LogP contribution in [-0.4, -0.2) is 22.7 Å². The standard InChI is InChI=1S/C10H16ClN3O/c1-7(15)3-2-4-13-10-9(12)5-8(11)6-14-10/h5-7,15H,2-4,12H2,1H3,(H,13,14). The first-order valence-electron chi connectivity index (χ1n) is 4.92. The van der Waals surface area contributed by atoms with Crippen molar-refractivity contribution in [1.29, 1.82) is 0 Å². The Morgan fingerprint density at radius 3 is 3.00 bits per heavy atom. The Bertz CT molecular complexity index is 318. The Hall–Kier alpha value is -1.00. The summed E-state index contributed by atoms with van der Waals surface area (Å²) in [6.45, 7) is 2.51. The Morgan fingerprint density at radius 2 is 2.40 bits per heavy atom. The van der Waals surface area contributed by atoms with E-state index in [2.05, 4.69) is 10.3 Å². The molecular weight excluding hydrogens is 214 g/mol. The minimum absolute atomic E-state index is 0.262. The molecule has 0 aliphatic rings. The minimum Gasteiger partial charge on any atom is -0.396 e. The zero-order valence-corrected chi connectivity index (χ0v) is 9.46. The number of aliphatic hydroxyl groups is 1. The van der Waals surface area contributed by atoms with Crippen molar-refractivity contribution < 1.29 is 5.11 Å². The summed E-state index contributed by atoms with van der Waals surface area (Å²) in [6.07, 6.45) is 2.93. The molecular formula is C10H16ClN3O. The summed E-state index contributed by atoms with van der Waals surface area (Å²) in [5, 5.41) is 12.7. The number of rotatable bonds is 5. The van der Waals surface area contributed by atoms with E-state index in [0.717, 1.165) is 19.4 Å². The summed E-state index contributed by atoms with van der Waals surface area (Å²) in [5.41, 5.74) is 6.25. The summed E-state index contributed by atoms with van der Waals surface area (Å²) in [4.78, 5) is 4.06. The fourth-order valence-electron chi connectivity index (χ4n) is 1.21. The molecule has 1 unspecified atom stereocenters. The predicted molar refractivity (Wildman–Crippen MR) is 63.1 cm³/mol. The lowest BCUT2D eigenvalue weighted by atomic mass is 10.2. The number of nitrogen functional groups attached to an aromatic ring is 1. The van der Waals surface area contributed by atoms with Gasteiger partial charge in [0.05, 0.1) is 16.8 Å². The van der Waals surface area contributed by atoms with Crippen molar-refractivity contribution in [2.24, 2.45) is 0 Å². The van der Waals surface area contributed by atoms with Gasteiger partial charge < -0.3 is 16.2 Å². The van der Waals surface area contributed by atoms with Gasteiger partial charge in [-0.05, 0) is 25.8 Å². The molecule has 1 aromatic heterocycles. The number of anilines is 2. The van der Waals surface area contributed by atoms with E-state index in [4.69, 9.17) is 22.4 Å². The van der Waals surface area contributed by atoms with Gasteiger partial charge in [0.2, 0.25) is 0 Å². The molecule has 1 rings (SSSR count). The molecule has 0 radical (unpaired) electrons. The van der Waals surface area contributed by atoms with Crippen LogP contribution in [0.5, 0.6) is 0 Å². The molecule has 4 nitrogen and oxygen atoms in total. The van der Waals surface area contributed by atoms with Gasteiger partial charge in [-0.15, -0.1) is 0 Å². The van der Waals surface area contributed by atoms with Gasteiger partial charge in [0.1, 0.15) is 5.82 Å². The van der Waals surface area contributed by atoms with E-state index in [1.54, 1.807) is 19.2 Å². The SMILES string of the molecule is CC(O)CCCNc1ncc(Cl)cc1N. The van der Waals surface area contributed by atoms with Crippen LogP contribution in [0, 0.1) is 0 Å². The molecule has 15 heavy (non-hydrogen) atoms. The van der Waals surface area contributed by atoms with Crippen molar-refractivity contribution in [3.63, 3.8) is 0 Å². The number of hydrogen-bond donors (Lipinski definition) is 3.